The molecule has 0 saturated heterocycles. The molecule has 1 aromatic heterocycles. The summed E-state index contributed by atoms with van der Waals surface area (Å²) in [6.07, 6.45) is 0. The van der Waals surface area contributed by atoms with Gasteiger partial charge in [-0.15, -0.1) is 0 Å². The molecule has 0 fully saturated rings. The molecule has 0 amide bonds. The third-order valence-electron chi connectivity index (χ3n) is 3.05. The molecule has 90 valence electrons. The van der Waals surface area contributed by atoms with Crippen LogP contribution in [0, 0.1) is 6.92 Å². The predicted molar refractivity (Wildman–Crippen MR) is 74.1 cm³/mol. The number of nitrogens with one attached hydrogen (secondary N) is 2. The zero-order valence-electron chi connectivity index (χ0n) is 10.1. The zero-order chi connectivity index (χ0) is 12.5. The molecule has 3 rings (SSSR count). The smallest absolute Gasteiger partial charge is 0.138 e. The van der Waals surface area contributed by atoms with Crippen LogP contribution in [0.15, 0.2) is 42.5 Å². The summed E-state index contributed by atoms with van der Waals surface area (Å²) in [5.41, 5.74) is 7.73. The van der Waals surface area contributed by atoms with Crippen LogP contribution in [0.3, 0.4) is 0 Å². The summed E-state index contributed by atoms with van der Waals surface area (Å²) in [4.78, 5) is 7.92. The van der Waals surface area contributed by atoms with E-state index in [1.807, 2.05) is 30.3 Å². The van der Waals surface area contributed by atoms with Crippen LogP contribution in [0.1, 0.15) is 5.56 Å². The van der Waals surface area contributed by atoms with E-state index in [0.29, 0.717) is 0 Å². The van der Waals surface area contributed by atoms with Gasteiger partial charge in [0.2, 0.25) is 0 Å². The van der Waals surface area contributed by atoms with Crippen molar-refractivity contribution in [3.8, 4) is 11.4 Å². The summed E-state index contributed by atoms with van der Waals surface area (Å²) < 4.78 is 0. The Bertz CT molecular complexity index is 700. The molecule has 4 nitrogen and oxygen atoms in total. The number of fused-ring (bicyclic) bond motifs is 1. The largest absolute Gasteiger partial charge is 0.338 e. The topological polar surface area (TPSA) is 66.7 Å². The minimum atomic E-state index is 0.863. The van der Waals surface area contributed by atoms with Gasteiger partial charge >= 0.3 is 0 Å². The molecule has 3 aromatic rings. The first-order valence-electron chi connectivity index (χ1n) is 5.80. The fraction of sp³-hybridized carbons (Fsp3) is 0.0714. The van der Waals surface area contributed by atoms with Crippen LogP contribution in [-0.4, -0.2) is 9.97 Å². The highest BCUT2D eigenvalue weighted by molar-refractivity contribution is 5.83. The number of nitrogens with zero attached hydrogens (tertiary/aromatic N) is 1. The van der Waals surface area contributed by atoms with Crippen molar-refractivity contribution in [2.45, 2.75) is 6.92 Å². The molecule has 0 atom stereocenters. The number of nitrogens with two attached hydrogens (primary N) is 1. The van der Waals surface area contributed by atoms with E-state index in [9.17, 15) is 0 Å². The summed E-state index contributed by atoms with van der Waals surface area (Å²) in [5.74, 6) is 6.28. The Morgan fingerprint density at radius 3 is 2.78 bits per heavy atom. The minimum absolute atomic E-state index is 0.863. The molecule has 0 bridgehead atoms. The molecule has 0 aliphatic carbocycles. The molecular formula is C14H14N4. The Morgan fingerprint density at radius 1 is 1.17 bits per heavy atom. The van der Waals surface area contributed by atoms with Gasteiger partial charge in [-0.05, 0) is 30.7 Å². The van der Waals surface area contributed by atoms with Crippen molar-refractivity contribution >= 4 is 16.7 Å². The number of aromatic nitrogens is 2. The number of hydrogen-bond acceptors (Lipinski definition) is 3. The molecule has 0 radical (unpaired) electrons. The number of H-pyrrole nitrogens is 1. The first-order chi connectivity index (χ1) is 8.78. The lowest BCUT2D eigenvalue weighted by molar-refractivity contribution is 1.31. The number of anilines is 1. The first kappa shape index (κ1) is 10.8. The van der Waals surface area contributed by atoms with E-state index in [-0.39, 0.29) is 0 Å². The zero-order valence-corrected chi connectivity index (χ0v) is 10.1. The number of aryl methyl sites for hydroxylation is 1. The third-order valence-corrected chi connectivity index (χ3v) is 3.05. The molecule has 1 heterocycles. The van der Waals surface area contributed by atoms with Gasteiger partial charge in [-0.3, -0.25) is 5.84 Å². The Kier molecular flexibility index (Phi) is 2.50. The maximum atomic E-state index is 5.40. The quantitative estimate of drug-likeness (QED) is 0.475. The molecule has 18 heavy (non-hydrogen) atoms. The average Bonchev–Trinajstić information content (AvgIpc) is 2.81. The molecule has 0 aliphatic rings. The maximum Gasteiger partial charge on any atom is 0.138 e. The van der Waals surface area contributed by atoms with Crippen molar-refractivity contribution in [2.75, 3.05) is 5.43 Å². The molecule has 2 aromatic carbocycles. The number of hydrogen-bond donors (Lipinski definition) is 3. The van der Waals surface area contributed by atoms with Crippen molar-refractivity contribution in [1.29, 1.82) is 0 Å². The van der Waals surface area contributed by atoms with E-state index in [2.05, 4.69) is 34.5 Å². The molecular weight excluding hydrogens is 224 g/mol. The van der Waals surface area contributed by atoms with E-state index >= 15 is 0 Å². The fourth-order valence-corrected chi connectivity index (χ4v) is 2.07. The number of rotatable bonds is 2. The average molecular weight is 238 g/mol. The van der Waals surface area contributed by atoms with Crippen LogP contribution in [-0.2, 0) is 0 Å². The van der Waals surface area contributed by atoms with Gasteiger partial charge in [0.15, 0.2) is 0 Å². The summed E-state index contributed by atoms with van der Waals surface area (Å²) in [7, 11) is 0. The van der Waals surface area contributed by atoms with Gasteiger partial charge < -0.3 is 10.4 Å². The van der Waals surface area contributed by atoms with E-state index in [0.717, 1.165) is 28.1 Å². The monoisotopic (exact) mass is 238 g/mol. The van der Waals surface area contributed by atoms with Crippen LogP contribution >= 0.6 is 0 Å². The fourth-order valence-electron chi connectivity index (χ4n) is 2.07. The molecule has 4 heteroatoms. The van der Waals surface area contributed by atoms with Crippen LogP contribution < -0.4 is 11.3 Å². The van der Waals surface area contributed by atoms with Crippen LogP contribution in [0.4, 0.5) is 5.69 Å². The Hall–Kier alpha value is -2.33. The van der Waals surface area contributed by atoms with E-state index in [1.165, 1.54) is 5.56 Å². The number of nitrogen functional groups attached to an aromatic ring is 1. The van der Waals surface area contributed by atoms with Gasteiger partial charge in [-0.1, -0.05) is 24.3 Å². The highest BCUT2D eigenvalue weighted by Gasteiger charge is 2.07. The van der Waals surface area contributed by atoms with Gasteiger partial charge in [0, 0.05) is 5.56 Å². The van der Waals surface area contributed by atoms with Crippen molar-refractivity contribution < 1.29 is 0 Å². The van der Waals surface area contributed by atoms with E-state index < -0.39 is 0 Å². The lowest BCUT2D eigenvalue weighted by Gasteiger charge is -2.00. The first-order valence-corrected chi connectivity index (χ1v) is 5.80. The number of imidazole rings is 1. The predicted octanol–water partition coefficient (Wildman–Crippen LogP) is 2.82. The maximum absolute atomic E-state index is 5.40. The summed E-state index contributed by atoms with van der Waals surface area (Å²) in [6.45, 7) is 2.08. The number of hydrazine groups is 1. The molecule has 0 saturated carbocycles. The standard InChI is InChI=1S/C14H14N4/c1-9-4-2-3-5-11(9)14-16-12-7-6-10(18-15)8-13(12)17-14/h2-8,18H,15H2,1H3,(H,16,17). The minimum Gasteiger partial charge on any atom is -0.338 e. The summed E-state index contributed by atoms with van der Waals surface area (Å²) in [5, 5.41) is 0. The molecule has 0 unspecified atom stereocenters. The van der Waals surface area contributed by atoms with Crippen molar-refractivity contribution in [1.82, 2.24) is 9.97 Å². The second-order valence-corrected chi connectivity index (χ2v) is 4.28. The van der Waals surface area contributed by atoms with Gasteiger partial charge in [0.1, 0.15) is 5.82 Å². The summed E-state index contributed by atoms with van der Waals surface area (Å²) >= 11 is 0. The van der Waals surface area contributed by atoms with Gasteiger partial charge in [0.25, 0.3) is 0 Å². The molecule has 0 spiro atoms. The number of aromatic amines is 1. The Balaban J connectivity index is 2.17. The van der Waals surface area contributed by atoms with Gasteiger partial charge in [0.05, 0.1) is 16.7 Å². The number of benzene rings is 2. The molecule has 4 N–H and O–H groups in total. The summed E-state index contributed by atoms with van der Waals surface area (Å²) in [6, 6.07) is 14.0. The second kappa shape index (κ2) is 4.16. The van der Waals surface area contributed by atoms with E-state index in [4.69, 9.17) is 5.84 Å². The van der Waals surface area contributed by atoms with Crippen LogP contribution in [0.25, 0.3) is 22.4 Å². The van der Waals surface area contributed by atoms with Crippen LogP contribution in [0.5, 0.6) is 0 Å². The van der Waals surface area contributed by atoms with Crippen LogP contribution in [0.2, 0.25) is 0 Å². The van der Waals surface area contributed by atoms with Crippen molar-refractivity contribution in [3.63, 3.8) is 0 Å². The normalized spacial score (nSPS) is 10.8. The highest BCUT2D eigenvalue weighted by Crippen LogP contribution is 2.24. The molecule has 0 aliphatic heterocycles. The van der Waals surface area contributed by atoms with Crippen molar-refractivity contribution in [3.05, 3.63) is 48.0 Å². The van der Waals surface area contributed by atoms with Gasteiger partial charge in [-0.2, -0.15) is 0 Å². The Morgan fingerprint density at radius 2 is 2.00 bits per heavy atom. The Labute approximate surface area is 105 Å². The third kappa shape index (κ3) is 1.72. The highest BCUT2D eigenvalue weighted by atomic mass is 15.2. The van der Waals surface area contributed by atoms with Crippen molar-refractivity contribution in [2.24, 2.45) is 5.84 Å². The SMILES string of the molecule is Cc1ccccc1-c1nc2ccc(NN)cc2[nH]1. The van der Waals surface area contributed by atoms with E-state index in [1.54, 1.807) is 0 Å². The van der Waals surface area contributed by atoms with Gasteiger partial charge in [-0.25, -0.2) is 4.98 Å². The lowest BCUT2D eigenvalue weighted by Crippen LogP contribution is -2.05. The second-order valence-electron chi connectivity index (χ2n) is 4.28. The lowest BCUT2D eigenvalue weighted by atomic mass is 10.1.